The Labute approximate surface area is 74.9 Å². The van der Waals surface area contributed by atoms with Crippen molar-refractivity contribution in [1.29, 1.82) is 0 Å². The Hall–Kier alpha value is 0.0500. The molecule has 1 nitrogen and oxygen atoms in total. The molecule has 0 radical (unpaired) electrons. The summed E-state index contributed by atoms with van der Waals surface area (Å²) in [6, 6.07) is 0. The van der Waals surface area contributed by atoms with Crippen molar-refractivity contribution in [2.45, 2.75) is 38.7 Å². The molecule has 0 fully saturated rings. The number of aliphatic hydroxyl groups is 1. The predicted octanol–water partition coefficient (Wildman–Crippen LogP) is 2.41. The highest BCUT2D eigenvalue weighted by Crippen LogP contribution is 2.01. The Morgan fingerprint density at radius 1 is 1.36 bits per heavy atom. The molecule has 0 amide bonds. The number of hydrogen-bond acceptors (Lipinski definition) is 2. The van der Waals surface area contributed by atoms with Crippen LogP contribution in [0, 0.1) is 0 Å². The molecule has 0 saturated carbocycles. The van der Waals surface area contributed by atoms with Gasteiger partial charge in [-0.2, -0.15) is 12.6 Å². The molecule has 11 heavy (non-hydrogen) atoms. The highest BCUT2D eigenvalue weighted by Gasteiger charge is 1.96. The summed E-state index contributed by atoms with van der Waals surface area (Å²) in [6.07, 6.45) is 7.90. The van der Waals surface area contributed by atoms with Crippen LogP contribution in [0.1, 0.15) is 32.6 Å². The van der Waals surface area contributed by atoms with Gasteiger partial charge in [-0.15, -0.1) is 0 Å². The van der Waals surface area contributed by atoms with Gasteiger partial charge in [0, 0.05) is 0 Å². The van der Waals surface area contributed by atoms with Crippen LogP contribution in [-0.4, -0.2) is 17.0 Å². The monoisotopic (exact) mass is 174 g/mol. The number of hydrogen-bond donors (Lipinski definition) is 2. The van der Waals surface area contributed by atoms with E-state index in [9.17, 15) is 0 Å². The summed E-state index contributed by atoms with van der Waals surface area (Å²) < 4.78 is 0. The van der Waals surface area contributed by atoms with E-state index in [2.05, 4.69) is 24.8 Å². The van der Waals surface area contributed by atoms with Gasteiger partial charge in [-0.3, -0.25) is 0 Å². The highest BCUT2D eigenvalue weighted by molar-refractivity contribution is 7.80. The Bertz CT molecular complexity index is 102. The lowest BCUT2D eigenvalue weighted by Gasteiger charge is -2.03. The first-order chi connectivity index (χ1) is 5.31. The minimum absolute atomic E-state index is 0.115. The first-order valence-electron chi connectivity index (χ1n) is 4.25. The molecule has 1 N–H and O–H groups in total. The zero-order valence-corrected chi connectivity index (χ0v) is 8.06. The molecule has 0 aliphatic rings. The first-order valence-corrected chi connectivity index (χ1v) is 4.88. The number of aliphatic hydroxyl groups excluding tert-OH is 1. The van der Waals surface area contributed by atoms with E-state index in [1.165, 1.54) is 0 Å². The average Bonchev–Trinajstić information content (AvgIpc) is 2.04. The van der Waals surface area contributed by atoms with Crippen LogP contribution in [0.25, 0.3) is 0 Å². The maximum atomic E-state index is 9.17. The third-order valence-electron chi connectivity index (χ3n) is 1.60. The van der Waals surface area contributed by atoms with E-state index in [1.807, 2.05) is 6.92 Å². The second-order valence-electron chi connectivity index (χ2n) is 2.62. The Morgan fingerprint density at radius 3 is 2.55 bits per heavy atom. The van der Waals surface area contributed by atoms with Gasteiger partial charge in [-0.25, -0.2) is 0 Å². The van der Waals surface area contributed by atoms with Gasteiger partial charge >= 0.3 is 0 Å². The predicted molar refractivity (Wildman–Crippen MR) is 53.1 cm³/mol. The Morgan fingerprint density at radius 2 is 2.00 bits per heavy atom. The third-order valence-corrected chi connectivity index (χ3v) is 1.86. The topological polar surface area (TPSA) is 20.2 Å². The summed E-state index contributed by atoms with van der Waals surface area (Å²) in [5.74, 6) is 0.910. The summed E-state index contributed by atoms with van der Waals surface area (Å²) in [5.41, 5.74) is 0. The normalized spacial score (nSPS) is 14.1. The number of allylic oxidation sites excluding steroid dienone is 2. The van der Waals surface area contributed by atoms with E-state index in [1.54, 1.807) is 0 Å². The molecule has 1 atom stereocenters. The minimum Gasteiger partial charge on any atom is -0.393 e. The van der Waals surface area contributed by atoms with Crippen molar-refractivity contribution in [3.8, 4) is 0 Å². The van der Waals surface area contributed by atoms with Gasteiger partial charge in [-0.1, -0.05) is 19.1 Å². The molecule has 0 aliphatic heterocycles. The largest absolute Gasteiger partial charge is 0.393 e. The van der Waals surface area contributed by atoms with Gasteiger partial charge < -0.3 is 5.11 Å². The molecule has 0 saturated heterocycles. The van der Waals surface area contributed by atoms with Crippen molar-refractivity contribution in [2.24, 2.45) is 0 Å². The number of thiol groups is 1. The van der Waals surface area contributed by atoms with Gasteiger partial charge in [0.15, 0.2) is 0 Å². The fraction of sp³-hybridized carbons (Fsp3) is 0.778. The van der Waals surface area contributed by atoms with Gasteiger partial charge in [-0.05, 0) is 31.4 Å². The lowest BCUT2D eigenvalue weighted by atomic mass is 10.1. The van der Waals surface area contributed by atoms with Crippen LogP contribution in [0.3, 0.4) is 0 Å². The zero-order valence-electron chi connectivity index (χ0n) is 7.16. The van der Waals surface area contributed by atoms with Crippen LogP contribution in [0.2, 0.25) is 0 Å². The van der Waals surface area contributed by atoms with Gasteiger partial charge in [0.1, 0.15) is 0 Å². The van der Waals surface area contributed by atoms with E-state index in [4.69, 9.17) is 5.11 Å². The second-order valence-corrected chi connectivity index (χ2v) is 3.07. The molecular weight excluding hydrogens is 156 g/mol. The van der Waals surface area contributed by atoms with E-state index in [-0.39, 0.29) is 6.10 Å². The lowest BCUT2D eigenvalue weighted by molar-refractivity contribution is 0.161. The SMILES string of the molecule is CCC(O)CC/C=C/CCS. The van der Waals surface area contributed by atoms with Crippen LogP contribution in [0.4, 0.5) is 0 Å². The van der Waals surface area contributed by atoms with E-state index in [0.717, 1.165) is 31.4 Å². The smallest absolute Gasteiger partial charge is 0.0540 e. The van der Waals surface area contributed by atoms with Crippen LogP contribution in [0.15, 0.2) is 12.2 Å². The van der Waals surface area contributed by atoms with Crippen molar-refractivity contribution < 1.29 is 5.11 Å². The molecule has 0 aromatic heterocycles. The van der Waals surface area contributed by atoms with Gasteiger partial charge in [0.25, 0.3) is 0 Å². The summed E-state index contributed by atoms with van der Waals surface area (Å²) in [6.45, 7) is 2.00. The van der Waals surface area contributed by atoms with Crippen molar-refractivity contribution >= 4 is 12.6 Å². The van der Waals surface area contributed by atoms with Crippen molar-refractivity contribution in [1.82, 2.24) is 0 Å². The van der Waals surface area contributed by atoms with Crippen LogP contribution < -0.4 is 0 Å². The Balaban J connectivity index is 3.12. The second kappa shape index (κ2) is 8.15. The number of rotatable bonds is 6. The summed E-state index contributed by atoms with van der Waals surface area (Å²) in [7, 11) is 0. The molecule has 2 heteroatoms. The van der Waals surface area contributed by atoms with Gasteiger partial charge in [0.05, 0.1) is 6.10 Å². The molecular formula is C9H18OS. The maximum absolute atomic E-state index is 9.17. The van der Waals surface area contributed by atoms with Crippen molar-refractivity contribution in [3.63, 3.8) is 0 Å². The standard InChI is InChI=1S/C9H18OS/c1-2-9(10)7-5-3-4-6-8-11/h3-4,9-11H,2,5-8H2,1H3/b4-3+. The van der Waals surface area contributed by atoms with E-state index >= 15 is 0 Å². The quantitative estimate of drug-likeness (QED) is 0.468. The molecule has 66 valence electrons. The fourth-order valence-electron chi connectivity index (χ4n) is 0.803. The molecule has 0 rings (SSSR count). The van der Waals surface area contributed by atoms with E-state index in [0.29, 0.717) is 0 Å². The molecule has 0 heterocycles. The molecule has 0 aliphatic carbocycles. The van der Waals surface area contributed by atoms with Crippen LogP contribution >= 0.6 is 12.6 Å². The third kappa shape index (κ3) is 7.95. The molecule has 1 unspecified atom stereocenters. The van der Waals surface area contributed by atoms with Crippen molar-refractivity contribution in [3.05, 3.63) is 12.2 Å². The molecule has 0 aromatic rings. The fourth-order valence-corrected chi connectivity index (χ4v) is 0.952. The highest BCUT2D eigenvalue weighted by atomic mass is 32.1. The van der Waals surface area contributed by atoms with E-state index < -0.39 is 0 Å². The van der Waals surface area contributed by atoms with Crippen LogP contribution in [0.5, 0.6) is 0 Å². The van der Waals surface area contributed by atoms with Crippen LogP contribution in [-0.2, 0) is 0 Å². The first kappa shape index (κ1) is 11.1. The zero-order chi connectivity index (χ0) is 8.53. The Kier molecular flexibility index (Phi) is 8.19. The summed E-state index contributed by atoms with van der Waals surface area (Å²) in [4.78, 5) is 0. The van der Waals surface area contributed by atoms with Crippen molar-refractivity contribution in [2.75, 3.05) is 5.75 Å². The molecule has 0 bridgehead atoms. The molecule has 0 aromatic carbocycles. The lowest BCUT2D eigenvalue weighted by Crippen LogP contribution is -2.02. The average molecular weight is 174 g/mol. The minimum atomic E-state index is -0.115. The summed E-state index contributed by atoms with van der Waals surface area (Å²) >= 11 is 4.08. The molecule has 0 spiro atoms. The summed E-state index contributed by atoms with van der Waals surface area (Å²) in [5, 5.41) is 9.17. The maximum Gasteiger partial charge on any atom is 0.0540 e. The van der Waals surface area contributed by atoms with Gasteiger partial charge in [0.2, 0.25) is 0 Å².